The summed E-state index contributed by atoms with van der Waals surface area (Å²) in [6.45, 7) is 0.583. The minimum absolute atomic E-state index is 0.140. The van der Waals surface area contributed by atoms with Gasteiger partial charge in [0.15, 0.2) is 11.2 Å². The van der Waals surface area contributed by atoms with Crippen molar-refractivity contribution in [3.63, 3.8) is 0 Å². The lowest BCUT2D eigenvalue weighted by atomic mass is 10.1. The van der Waals surface area contributed by atoms with Crippen LogP contribution in [0.25, 0.3) is 16.9 Å². The third-order valence-corrected chi connectivity index (χ3v) is 4.00. The summed E-state index contributed by atoms with van der Waals surface area (Å²) in [6.07, 6.45) is 3.32. The summed E-state index contributed by atoms with van der Waals surface area (Å²) in [6, 6.07) is 10.7. The van der Waals surface area contributed by atoms with Crippen molar-refractivity contribution in [3.05, 3.63) is 65.0 Å². The van der Waals surface area contributed by atoms with Gasteiger partial charge < -0.3 is 9.73 Å². The molecule has 4 rings (SSSR count). The summed E-state index contributed by atoms with van der Waals surface area (Å²) in [4.78, 5) is 28.1. The first kappa shape index (κ1) is 16.6. The van der Waals surface area contributed by atoms with E-state index in [1.807, 2.05) is 24.3 Å². The number of amides is 1. The Balaban J connectivity index is 1.33. The van der Waals surface area contributed by atoms with Crippen LogP contribution in [0, 0.1) is 0 Å². The molecule has 0 saturated carbocycles. The largest absolute Gasteiger partial charge is 0.421 e. The number of benzene rings is 1. The van der Waals surface area contributed by atoms with Crippen molar-refractivity contribution in [2.24, 2.45) is 0 Å². The first-order valence-corrected chi connectivity index (χ1v) is 8.24. The predicted molar refractivity (Wildman–Crippen MR) is 94.1 cm³/mol. The van der Waals surface area contributed by atoms with Crippen molar-refractivity contribution in [1.82, 2.24) is 35.1 Å². The van der Waals surface area contributed by atoms with E-state index in [4.69, 9.17) is 4.42 Å². The van der Waals surface area contributed by atoms with Gasteiger partial charge in [-0.25, -0.2) is 14.5 Å². The maximum Gasteiger partial charge on any atom is 0.421 e. The van der Waals surface area contributed by atoms with Crippen LogP contribution in [0.1, 0.15) is 5.56 Å². The number of fused-ring (bicyclic) bond motifs is 1. The van der Waals surface area contributed by atoms with E-state index in [-0.39, 0.29) is 18.9 Å². The zero-order valence-corrected chi connectivity index (χ0v) is 14.1. The second kappa shape index (κ2) is 7.20. The van der Waals surface area contributed by atoms with Crippen LogP contribution >= 0.6 is 0 Å². The van der Waals surface area contributed by atoms with Gasteiger partial charge in [0.1, 0.15) is 6.33 Å². The minimum Gasteiger partial charge on any atom is -0.406 e. The van der Waals surface area contributed by atoms with E-state index in [9.17, 15) is 9.59 Å². The van der Waals surface area contributed by atoms with Crippen LogP contribution in [0.5, 0.6) is 0 Å². The van der Waals surface area contributed by atoms with Crippen molar-refractivity contribution in [3.8, 4) is 5.69 Å². The fourth-order valence-electron chi connectivity index (χ4n) is 2.70. The van der Waals surface area contributed by atoms with Crippen LogP contribution in [-0.2, 0) is 17.8 Å². The maximum absolute atomic E-state index is 12.1. The van der Waals surface area contributed by atoms with Crippen molar-refractivity contribution < 1.29 is 9.21 Å². The van der Waals surface area contributed by atoms with Gasteiger partial charge in [-0.15, -0.1) is 5.10 Å². The molecule has 0 spiro atoms. The fraction of sp³-hybridized carbons (Fsp3) is 0.176. The van der Waals surface area contributed by atoms with Gasteiger partial charge in [0, 0.05) is 19.3 Å². The molecule has 0 radical (unpaired) electrons. The Kier molecular flexibility index (Phi) is 4.44. The van der Waals surface area contributed by atoms with Gasteiger partial charge in [-0.1, -0.05) is 12.1 Å². The smallest absolute Gasteiger partial charge is 0.406 e. The quantitative estimate of drug-likeness (QED) is 0.522. The first-order valence-electron chi connectivity index (χ1n) is 8.24. The van der Waals surface area contributed by atoms with Gasteiger partial charge in [0.25, 0.3) is 0 Å². The Morgan fingerprint density at radius 1 is 1.19 bits per heavy atom. The molecule has 0 unspecified atom stereocenters. The number of rotatable bonds is 6. The Bertz CT molecular complexity index is 1110. The van der Waals surface area contributed by atoms with Crippen LogP contribution in [0.3, 0.4) is 0 Å². The SMILES string of the molecule is O=C(Cc1ccc(-n2cnnn2)cc1)NCCn1c(=O)oc2cccnc21. The number of pyridine rings is 1. The number of aromatic nitrogens is 6. The molecule has 3 aromatic heterocycles. The summed E-state index contributed by atoms with van der Waals surface area (Å²) in [5.74, 6) is -0.630. The van der Waals surface area contributed by atoms with E-state index in [1.54, 1.807) is 18.3 Å². The first-order chi connectivity index (χ1) is 13.2. The van der Waals surface area contributed by atoms with E-state index >= 15 is 0 Å². The molecule has 1 aromatic carbocycles. The van der Waals surface area contributed by atoms with Gasteiger partial charge in [0.2, 0.25) is 5.91 Å². The Morgan fingerprint density at radius 3 is 2.81 bits per heavy atom. The minimum atomic E-state index is -0.490. The Hall–Kier alpha value is -3.82. The molecule has 3 heterocycles. The van der Waals surface area contributed by atoms with Crippen LogP contribution in [0.2, 0.25) is 0 Å². The van der Waals surface area contributed by atoms with Crippen molar-refractivity contribution in [1.29, 1.82) is 0 Å². The monoisotopic (exact) mass is 365 g/mol. The molecule has 10 heteroatoms. The average Bonchev–Trinajstić information content (AvgIpc) is 3.31. The second-order valence-electron chi connectivity index (χ2n) is 5.79. The molecule has 0 fully saturated rings. The molecule has 0 saturated heterocycles. The summed E-state index contributed by atoms with van der Waals surface area (Å²) in [5, 5.41) is 13.8. The van der Waals surface area contributed by atoms with E-state index in [0.29, 0.717) is 17.8 Å². The Labute approximate surface area is 152 Å². The molecule has 0 atom stereocenters. The molecular formula is C17H15N7O3. The topological polar surface area (TPSA) is 121 Å². The average molecular weight is 365 g/mol. The third kappa shape index (κ3) is 3.59. The molecule has 27 heavy (non-hydrogen) atoms. The lowest BCUT2D eigenvalue weighted by molar-refractivity contribution is -0.120. The molecular weight excluding hydrogens is 350 g/mol. The van der Waals surface area contributed by atoms with Gasteiger partial charge in [-0.2, -0.15) is 0 Å². The van der Waals surface area contributed by atoms with E-state index in [1.165, 1.54) is 15.6 Å². The molecule has 0 aliphatic carbocycles. The third-order valence-electron chi connectivity index (χ3n) is 4.00. The summed E-state index contributed by atoms with van der Waals surface area (Å²) in [7, 11) is 0. The number of oxazole rings is 1. The van der Waals surface area contributed by atoms with Crippen LogP contribution in [-0.4, -0.2) is 42.2 Å². The lowest BCUT2D eigenvalue weighted by Gasteiger charge is -2.06. The number of carbonyl (C=O) groups is 1. The van der Waals surface area contributed by atoms with E-state index < -0.39 is 5.76 Å². The molecule has 4 aromatic rings. The summed E-state index contributed by atoms with van der Waals surface area (Å²) in [5.41, 5.74) is 2.56. The van der Waals surface area contributed by atoms with Crippen molar-refractivity contribution in [2.75, 3.05) is 6.54 Å². The molecule has 1 amide bonds. The number of nitrogens with one attached hydrogen (secondary N) is 1. The zero-order chi connectivity index (χ0) is 18.6. The number of carbonyl (C=O) groups excluding carboxylic acids is 1. The number of tetrazole rings is 1. The molecule has 10 nitrogen and oxygen atoms in total. The van der Waals surface area contributed by atoms with Gasteiger partial charge in [-0.05, 0) is 40.3 Å². The number of hydrogen-bond donors (Lipinski definition) is 1. The van der Waals surface area contributed by atoms with Crippen molar-refractivity contribution in [2.45, 2.75) is 13.0 Å². The maximum atomic E-state index is 12.1. The molecule has 0 bridgehead atoms. The Morgan fingerprint density at radius 2 is 2.04 bits per heavy atom. The van der Waals surface area contributed by atoms with Crippen LogP contribution < -0.4 is 11.1 Å². The lowest BCUT2D eigenvalue weighted by Crippen LogP contribution is -2.30. The van der Waals surface area contributed by atoms with Gasteiger partial charge >= 0.3 is 5.76 Å². The van der Waals surface area contributed by atoms with E-state index in [2.05, 4.69) is 25.8 Å². The second-order valence-corrected chi connectivity index (χ2v) is 5.79. The molecule has 1 N–H and O–H groups in total. The zero-order valence-electron chi connectivity index (χ0n) is 14.1. The fourth-order valence-corrected chi connectivity index (χ4v) is 2.70. The highest BCUT2D eigenvalue weighted by Crippen LogP contribution is 2.09. The highest BCUT2D eigenvalue weighted by molar-refractivity contribution is 5.78. The highest BCUT2D eigenvalue weighted by Gasteiger charge is 2.10. The number of hydrogen-bond acceptors (Lipinski definition) is 7. The number of nitrogens with zero attached hydrogens (tertiary/aromatic N) is 6. The van der Waals surface area contributed by atoms with Crippen LogP contribution in [0.15, 0.2) is 58.1 Å². The van der Waals surface area contributed by atoms with E-state index in [0.717, 1.165) is 11.3 Å². The van der Waals surface area contributed by atoms with Crippen LogP contribution in [0.4, 0.5) is 0 Å². The predicted octanol–water partition coefficient (Wildman–Crippen LogP) is 0.324. The standard InChI is InChI=1S/C17H15N7O3/c25-15(10-12-3-5-13(6-4-12)24-11-20-21-22-24)18-8-9-23-16-14(27-17(23)26)2-1-7-19-16/h1-7,11H,8-10H2,(H,18,25). The summed E-state index contributed by atoms with van der Waals surface area (Å²) < 4.78 is 8.04. The highest BCUT2D eigenvalue weighted by atomic mass is 16.4. The van der Waals surface area contributed by atoms with Gasteiger partial charge in [0.05, 0.1) is 12.1 Å². The molecule has 0 aliphatic heterocycles. The molecule has 0 aliphatic rings. The normalized spacial score (nSPS) is 11.0. The van der Waals surface area contributed by atoms with Crippen molar-refractivity contribution >= 4 is 17.1 Å². The molecule has 136 valence electrons. The van der Waals surface area contributed by atoms with Gasteiger partial charge in [-0.3, -0.25) is 9.36 Å². The summed E-state index contributed by atoms with van der Waals surface area (Å²) >= 11 is 0.